The summed E-state index contributed by atoms with van der Waals surface area (Å²) in [7, 11) is 0. The zero-order chi connectivity index (χ0) is 10.4. The van der Waals surface area contributed by atoms with Gasteiger partial charge in [-0.1, -0.05) is 33.1 Å². The number of hydrogen-bond donors (Lipinski definition) is 1. The van der Waals surface area contributed by atoms with Gasteiger partial charge in [0.15, 0.2) is 0 Å². The third-order valence-electron chi connectivity index (χ3n) is 3.14. The summed E-state index contributed by atoms with van der Waals surface area (Å²) < 4.78 is 5.55. The van der Waals surface area contributed by atoms with Crippen LogP contribution in [0.5, 0.6) is 0 Å². The van der Waals surface area contributed by atoms with E-state index in [0.29, 0.717) is 12.5 Å². The lowest BCUT2D eigenvalue weighted by Gasteiger charge is -2.22. The molecule has 0 aromatic heterocycles. The van der Waals surface area contributed by atoms with Gasteiger partial charge >= 0.3 is 0 Å². The molecule has 0 spiro atoms. The number of rotatable bonds is 5. The van der Waals surface area contributed by atoms with Gasteiger partial charge in [0.25, 0.3) is 0 Å². The van der Waals surface area contributed by atoms with Crippen LogP contribution in [0.15, 0.2) is 0 Å². The van der Waals surface area contributed by atoms with Gasteiger partial charge in [-0.15, -0.1) is 0 Å². The van der Waals surface area contributed by atoms with E-state index in [4.69, 9.17) is 4.74 Å². The van der Waals surface area contributed by atoms with Crippen molar-refractivity contribution >= 4 is 0 Å². The van der Waals surface area contributed by atoms with Gasteiger partial charge in [0.05, 0.1) is 12.7 Å². The van der Waals surface area contributed by atoms with E-state index in [0.717, 1.165) is 12.5 Å². The largest absolute Gasteiger partial charge is 0.390 e. The molecule has 2 nitrogen and oxygen atoms in total. The molecule has 14 heavy (non-hydrogen) atoms. The molecule has 0 bridgehead atoms. The number of hydrogen-bond acceptors (Lipinski definition) is 2. The van der Waals surface area contributed by atoms with Crippen LogP contribution in [0.25, 0.3) is 0 Å². The molecule has 1 aliphatic carbocycles. The minimum absolute atomic E-state index is 0.293. The Labute approximate surface area is 87.7 Å². The summed E-state index contributed by atoms with van der Waals surface area (Å²) in [6.45, 7) is 5.40. The molecule has 1 N–H and O–H groups in total. The van der Waals surface area contributed by atoms with Crippen LogP contribution in [0, 0.1) is 11.8 Å². The van der Waals surface area contributed by atoms with Crippen LogP contribution >= 0.6 is 0 Å². The minimum Gasteiger partial charge on any atom is -0.390 e. The Hall–Kier alpha value is -0.0800. The summed E-state index contributed by atoms with van der Waals surface area (Å²) in [4.78, 5) is 0. The van der Waals surface area contributed by atoms with Gasteiger partial charge in [-0.25, -0.2) is 0 Å². The van der Waals surface area contributed by atoms with Crippen molar-refractivity contribution in [2.45, 2.75) is 52.1 Å². The first-order valence-electron chi connectivity index (χ1n) is 5.96. The first kappa shape index (κ1) is 12.0. The van der Waals surface area contributed by atoms with Gasteiger partial charge < -0.3 is 9.84 Å². The highest BCUT2D eigenvalue weighted by atomic mass is 16.5. The van der Waals surface area contributed by atoms with Gasteiger partial charge in [0.2, 0.25) is 0 Å². The average Bonchev–Trinajstić information content (AvgIpc) is 2.19. The lowest BCUT2D eigenvalue weighted by atomic mass is 9.90. The molecular formula is C12H24O2. The quantitative estimate of drug-likeness (QED) is 0.739. The summed E-state index contributed by atoms with van der Waals surface area (Å²) >= 11 is 0. The predicted octanol–water partition coefficient (Wildman–Crippen LogP) is 2.60. The molecule has 2 heteroatoms. The standard InChI is InChI=1S/C12H24O2/c1-10(2)12(13)9-14-8-11-6-4-3-5-7-11/h10-13H,3-9H2,1-2H3. The van der Waals surface area contributed by atoms with E-state index < -0.39 is 0 Å². The van der Waals surface area contributed by atoms with Crippen molar-refractivity contribution in [1.82, 2.24) is 0 Å². The van der Waals surface area contributed by atoms with Crippen molar-refractivity contribution in [3.63, 3.8) is 0 Å². The van der Waals surface area contributed by atoms with E-state index in [1.54, 1.807) is 0 Å². The second kappa shape index (κ2) is 6.41. The Bertz CT molecular complexity index is 139. The van der Waals surface area contributed by atoms with Crippen LogP contribution in [-0.4, -0.2) is 24.4 Å². The maximum absolute atomic E-state index is 9.53. The predicted molar refractivity (Wildman–Crippen MR) is 58.2 cm³/mol. The summed E-state index contributed by atoms with van der Waals surface area (Å²) in [6.07, 6.45) is 6.46. The molecular weight excluding hydrogens is 176 g/mol. The van der Waals surface area contributed by atoms with E-state index in [1.165, 1.54) is 32.1 Å². The first-order chi connectivity index (χ1) is 6.70. The van der Waals surface area contributed by atoms with Gasteiger partial charge in [-0.05, 0) is 24.7 Å². The van der Waals surface area contributed by atoms with Crippen molar-refractivity contribution in [1.29, 1.82) is 0 Å². The van der Waals surface area contributed by atoms with Crippen molar-refractivity contribution in [2.75, 3.05) is 13.2 Å². The van der Waals surface area contributed by atoms with Crippen molar-refractivity contribution in [3.8, 4) is 0 Å². The van der Waals surface area contributed by atoms with Crippen LogP contribution < -0.4 is 0 Å². The summed E-state index contributed by atoms with van der Waals surface area (Å²) in [5, 5.41) is 9.53. The topological polar surface area (TPSA) is 29.5 Å². The molecule has 0 heterocycles. The molecule has 1 aliphatic rings. The fourth-order valence-electron chi connectivity index (χ4n) is 1.90. The van der Waals surface area contributed by atoms with E-state index in [9.17, 15) is 5.11 Å². The first-order valence-corrected chi connectivity index (χ1v) is 5.96. The second-order valence-electron chi connectivity index (χ2n) is 4.85. The van der Waals surface area contributed by atoms with Gasteiger partial charge in [-0.2, -0.15) is 0 Å². The maximum Gasteiger partial charge on any atom is 0.0796 e. The summed E-state index contributed by atoms with van der Waals surface area (Å²) in [5.74, 6) is 1.06. The molecule has 1 atom stereocenters. The number of aliphatic hydroxyl groups is 1. The third-order valence-corrected chi connectivity index (χ3v) is 3.14. The highest BCUT2D eigenvalue weighted by Gasteiger charge is 2.15. The van der Waals surface area contributed by atoms with Crippen LogP contribution in [0.3, 0.4) is 0 Å². The molecule has 0 amide bonds. The van der Waals surface area contributed by atoms with Gasteiger partial charge in [0, 0.05) is 6.61 Å². The second-order valence-corrected chi connectivity index (χ2v) is 4.85. The smallest absolute Gasteiger partial charge is 0.0796 e. The Morgan fingerprint density at radius 2 is 1.86 bits per heavy atom. The number of ether oxygens (including phenoxy) is 1. The highest BCUT2D eigenvalue weighted by molar-refractivity contribution is 4.65. The van der Waals surface area contributed by atoms with Crippen LogP contribution in [0.4, 0.5) is 0 Å². The lowest BCUT2D eigenvalue weighted by molar-refractivity contribution is -0.00356. The molecule has 84 valence electrons. The van der Waals surface area contributed by atoms with Gasteiger partial charge in [-0.3, -0.25) is 0 Å². The Morgan fingerprint density at radius 1 is 1.21 bits per heavy atom. The molecule has 1 saturated carbocycles. The average molecular weight is 200 g/mol. The van der Waals surface area contributed by atoms with Crippen molar-refractivity contribution < 1.29 is 9.84 Å². The van der Waals surface area contributed by atoms with E-state index in [-0.39, 0.29) is 6.10 Å². The molecule has 0 aromatic carbocycles. The fraction of sp³-hybridized carbons (Fsp3) is 1.00. The Morgan fingerprint density at radius 3 is 2.43 bits per heavy atom. The zero-order valence-electron chi connectivity index (χ0n) is 9.54. The van der Waals surface area contributed by atoms with Crippen LogP contribution in [0.2, 0.25) is 0 Å². The molecule has 1 rings (SSSR count). The minimum atomic E-state index is -0.293. The van der Waals surface area contributed by atoms with Crippen molar-refractivity contribution in [3.05, 3.63) is 0 Å². The number of aliphatic hydroxyl groups excluding tert-OH is 1. The van der Waals surface area contributed by atoms with Crippen LogP contribution in [-0.2, 0) is 4.74 Å². The normalized spacial score (nSPS) is 21.4. The summed E-state index contributed by atoms with van der Waals surface area (Å²) in [5.41, 5.74) is 0. The molecule has 0 aliphatic heterocycles. The summed E-state index contributed by atoms with van der Waals surface area (Å²) in [6, 6.07) is 0. The Kier molecular flexibility index (Phi) is 5.49. The van der Waals surface area contributed by atoms with E-state index in [1.807, 2.05) is 13.8 Å². The molecule has 1 unspecified atom stereocenters. The highest BCUT2D eigenvalue weighted by Crippen LogP contribution is 2.23. The maximum atomic E-state index is 9.53. The van der Waals surface area contributed by atoms with E-state index in [2.05, 4.69) is 0 Å². The van der Waals surface area contributed by atoms with Gasteiger partial charge in [0.1, 0.15) is 0 Å². The molecule has 0 aromatic rings. The molecule has 1 fully saturated rings. The van der Waals surface area contributed by atoms with Crippen molar-refractivity contribution in [2.24, 2.45) is 11.8 Å². The molecule has 0 saturated heterocycles. The van der Waals surface area contributed by atoms with Crippen LogP contribution in [0.1, 0.15) is 46.0 Å². The zero-order valence-corrected chi connectivity index (χ0v) is 9.54. The lowest BCUT2D eigenvalue weighted by Crippen LogP contribution is -2.24. The Balaban J connectivity index is 2.02. The monoisotopic (exact) mass is 200 g/mol. The third kappa shape index (κ3) is 4.43. The SMILES string of the molecule is CC(C)C(O)COCC1CCCCC1. The fourth-order valence-corrected chi connectivity index (χ4v) is 1.90. The molecule has 0 radical (unpaired) electrons. The van der Waals surface area contributed by atoms with E-state index >= 15 is 0 Å².